The SMILES string of the molecule is COc1cc(/C=C\c2cc(O)c(OC)c(N/C=C\C(=O)c3ccccc3[N+](=O)[O-])c2)cc(OC)c1OC. The van der Waals surface area contributed by atoms with Crippen LogP contribution in [-0.4, -0.2) is 44.3 Å². The molecule has 0 amide bonds. The Morgan fingerprint density at radius 1 is 0.892 bits per heavy atom. The number of phenols is 1. The van der Waals surface area contributed by atoms with Gasteiger partial charge in [0.15, 0.2) is 28.8 Å². The largest absolute Gasteiger partial charge is 0.504 e. The van der Waals surface area contributed by atoms with Gasteiger partial charge in [0.1, 0.15) is 0 Å². The van der Waals surface area contributed by atoms with E-state index in [2.05, 4.69) is 5.32 Å². The van der Waals surface area contributed by atoms with Crippen LogP contribution in [0.25, 0.3) is 12.2 Å². The first kappa shape index (κ1) is 26.6. The Bertz CT molecular complexity index is 1340. The lowest BCUT2D eigenvalue weighted by Gasteiger charge is -2.13. The zero-order valence-corrected chi connectivity index (χ0v) is 20.7. The highest BCUT2D eigenvalue weighted by Gasteiger charge is 2.17. The highest BCUT2D eigenvalue weighted by atomic mass is 16.6. The summed E-state index contributed by atoms with van der Waals surface area (Å²) >= 11 is 0. The van der Waals surface area contributed by atoms with E-state index in [-0.39, 0.29) is 22.7 Å². The van der Waals surface area contributed by atoms with Crippen LogP contribution in [0.2, 0.25) is 0 Å². The van der Waals surface area contributed by atoms with Crippen LogP contribution in [0, 0.1) is 10.1 Å². The van der Waals surface area contributed by atoms with Gasteiger partial charge >= 0.3 is 0 Å². The Morgan fingerprint density at radius 2 is 1.49 bits per heavy atom. The van der Waals surface area contributed by atoms with Gasteiger partial charge in [-0.25, -0.2) is 0 Å². The number of nitro benzene ring substituents is 1. The molecule has 0 atom stereocenters. The number of hydrogen-bond donors (Lipinski definition) is 2. The molecule has 0 aromatic heterocycles. The molecule has 0 spiro atoms. The Balaban J connectivity index is 1.87. The van der Waals surface area contributed by atoms with Crippen molar-refractivity contribution in [3.63, 3.8) is 0 Å². The van der Waals surface area contributed by atoms with Crippen molar-refractivity contribution in [3.05, 3.63) is 87.6 Å². The Kier molecular flexibility index (Phi) is 8.71. The van der Waals surface area contributed by atoms with Crippen LogP contribution in [-0.2, 0) is 0 Å². The molecule has 0 heterocycles. The summed E-state index contributed by atoms with van der Waals surface area (Å²) < 4.78 is 21.4. The number of carbonyl (C=O) groups is 1. The van der Waals surface area contributed by atoms with E-state index >= 15 is 0 Å². The fourth-order valence-corrected chi connectivity index (χ4v) is 3.58. The monoisotopic (exact) mass is 506 g/mol. The Morgan fingerprint density at radius 3 is 2.05 bits per heavy atom. The van der Waals surface area contributed by atoms with Crippen LogP contribution < -0.4 is 24.3 Å². The molecule has 0 bridgehead atoms. The lowest BCUT2D eigenvalue weighted by Crippen LogP contribution is -2.02. The maximum atomic E-state index is 12.5. The molecule has 0 aliphatic heterocycles. The van der Waals surface area contributed by atoms with Crippen molar-refractivity contribution < 1.29 is 33.8 Å². The van der Waals surface area contributed by atoms with E-state index in [1.54, 1.807) is 36.4 Å². The van der Waals surface area contributed by atoms with Gasteiger partial charge < -0.3 is 29.4 Å². The number of methoxy groups -OCH3 is 4. The summed E-state index contributed by atoms with van der Waals surface area (Å²) in [5.74, 6) is 0.937. The predicted octanol–water partition coefficient (Wildman–Crippen LogP) is 5.31. The number of phenolic OH excluding ortho intramolecular Hbond substituents is 1. The number of ether oxygens (including phenoxy) is 4. The molecule has 0 unspecified atom stereocenters. The molecule has 0 radical (unpaired) electrons. The molecular weight excluding hydrogens is 480 g/mol. The first-order valence-corrected chi connectivity index (χ1v) is 10.9. The van der Waals surface area contributed by atoms with E-state index < -0.39 is 10.7 Å². The van der Waals surface area contributed by atoms with Gasteiger partial charge in [-0.15, -0.1) is 0 Å². The smallest absolute Gasteiger partial charge is 0.280 e. The standard InChI is InChI=1S/C27H26N2O8/c1-34-24-15-18(16-25(35-2)27(24)37-4)10-9-17-13-20(26(36-3)23(31)14-17)28-12-11-22(30)19-7-5-6-8-21(19)29(32)33/h5-16,28,31H,1-4H3/b10-9-,12-11-. The van der Waals surface area contributed by atoms with Crippen LogP contribution in [0.4, 0.5) is 11.4 Å². The number of rotatable bonds is 11. The van der Waals surface area contributed by atoms with Crippen molar-refractivity contribution in [3.8, 4) is 28.7 Å². The summed E-state index contributed by atoms with van der Waals surface area (Å²) in [7, 11) is 5.97. The molecule has 192 valence electrons. The van der Waals surface area contributed by atoms with Crippen LogP contribution in [0.15, 0.2) is 60.8 Å². The Hall–Kier alpha value is -4.99. The molecule has 0 fully saturated rings. The lowest BCUT2D eigenvalue weighted by atomic mass is 10.1. The molecule has 3 aromatic carbocycles. The molecule has 3 rings (SSSR count). The predicted molar refractivity (Wildman–Crippen MR) is 140 cm³/mol. The van der Waals surface area contributed by atoms with E-state index in [4.69, 9.17) is 18.9 Å². The molecule has 2 N–H and O–H groups in total. The maximum Gasteiger partial charge on any atom is 0.280 e. The average Bonchev–Trinajstić information content (AvgIpc) is 2.90. The number of allylic oxidation sites excluding steroid dienone is 1. The van der Waals surface area contributed by atoms with Gasteiger partial charge in [0, 0.05) is 18.3 Å². The first-order valence-electron chi connectivity index (χ1n) is 10.9. The highest BCUT2D eigenvalue weighted by Crippen LogP contribution is 2.39. The topological polar surface area (TPSA) is 129 Å². The van der Waals surface area contributed by atoms with Crippen LogP contribution >= 0.6 is 0 Å². The third-order valence-corrected chi connectivity index (χ3v) is 5.29. The molecule has 10 nitrogen and oxygen atoms in total. The number of ketones is 1. The van der Waals surface area contributed by atoms with Gasteiger partial charge in [-0.05, 0) is 41.5 Å². The van der Waals surface area contributed by atoms with E-state index in [1.807, 2.05) is 0 Å². The fraction of sp³-hybridized carbons (Fsp3) is 0.148. The minimum atomic E-state index is -0.612. The second-order valence-corrected chi connectivity index (χ2v) is 7.53. The number of nitro groups is 1. The van der Waals surface area contributed by atoms with Gasteiger partial charge in [-0.1, -0.05) is 24.3 Å². The van der Waals surface area contributed by atoms with Crippen molar-refractivity contribution in [2.45, 2.75) is 0 Å². The number of nitrogens with one attached hydrogen (secondary N) is 1. The third kappa shape index (κ3) is 6.17. The summed E-state index contributed by atoms with van der Waals surface area (Å²) in [5, 5.41) is 24.6. The lowest BCUT2D eigenvalue weighted by molar-refractivity contribution is -0.385. The number of carbonyl (C=O) groups excluding carboxylic acids is 1. The van der Waals surface area contributed by atoms with Crippen molar-refractivity contribution in [1.29, 1.82) is 0 Å². The van der Waals surface area contributed by atoms with Crippen molar-refractivity contribution >= 4 is 29.3 Å². The zero-order chi connectivity index (χ0) is 26.9. The highest BCUT2D eigenvalue weighted by molar-refractivity contribution is 6.07. The molecule has 37 heavy (non-hydrogen) atoms. The van der Waals surface area contributed by atoms with Gasteiger partial charge in [-0.2, -0.15) is 0 Å². The van der Waals surface area contributed by atoms with Crippen LogP contribution in [0.3, 0.4) is 0 Å². The summed E-state index contributed by atoms with van der Waals surface area (Å²) in [6.45, 7) is 0. The third-order valence-electron chi connectivity index (χ3n) is 5.29. The molecule has 0 saturated heterocycles. The number of hydrogen-bond acceptors (Lipinski definition) is 9. The van der Waals surface area contributed by atoms with E-state index in [0.717, 1.165) is 11.6 Å². The van der Waals surface area contributed by atoms with Crippen LogP contribution in [0.1, 0.15) is 21.5 Å². The zero-order valence-electron chi connectivity index (χ0n) is 20.7. The van der Waals surface area contributed by atoms with Crippen molar-refractivity contribution in [2.24, 2.45) is 0 Å². The van der Waals surface area contributed by atoms with Crippen molar-refractivity contribution in [2.75, 3.05) is 33.8 Å². The summed E-state index contributed by atoms with van der Waals surface area (Å²) in [6.07, 6.45) is 6.04. The normalized spacial score (nSPS) is 10.9. The minimum Gasteiger partial charge on any atom is -0.504 e. The fourth-order valence-electron chi connectivity index (χ4n) is 3.58. The summed E-state index contributed by atoms with van der Waals surface area (Å²) in [4.78, 5) is 23.1. The van der Waals surface area contributed by atoms with Gasteiger partial charge in [0.25, 0.3) is 5.69 Å². The average molecular weight is 507 g/mol. The number of para-hydroxylation sites is 1. The first-order chi connectivity index (χ1) is 17.8. The summed E-state index contributed by atoms with van der Waals surface area (Å²) in [6, 6.07) is 12.4. The number of aromatic hydroxyl groups is 1. The maximum absolute atomic E-state index is 12.5. The minimum absolute atomic E-state index is 0.0394. The number of nitrogens with zero attached hydrogens (tertiary/aromatic N) is 1. The molecule has 0 aliphatic carbocycles. The Labute approximate surface area is 213 Å². The second-order valence-electron chi connectivity index (χ2n) is 7.53. The molecular formula is C27H26N2O8. The molecule has 10 heteroatoms. The quantitative estimate of drug-likeness (QED) is 0.117. The van der Waals surface area contributed by atoms with E-state index in [1.165, 1.54) is 58.9 Å². The summed E-state index contributed by atoms with van der Waals surface area (Å²) in [5.41, 5.74) is 1.43. The van der Waals surface area contributed by atoms with E-state index in [9.17, 15) is 20.0 Å². The molecule has 0 saturated carbocycles. The van der Waals surface area contributed by atoms with Gasteiger partial charge in [-0.3, -0.25) is 14.9 Å². The van der Waals surface area contributed by atoms with Gasteiger partial charge in [0.05, 0.1) is 44.6 Å². The van der Waals surface area contributed by atoms with Crippen LogP contribution in [0.5, 0.6) is 28.7 Å². The van der Waals surface area contributed by atoms with Gasteiger partial charge in [0.2, 0.25) is 5.75 Å². The second kappa shape index (κ2) is 12.1. The molecule has 3 aromatic rings. The van der Waals surface area contributed by atoms with Crippen molar-refractivity contribution in [1.82, 2.24) is 0 Å². The number of benzene rings is 3. The molecule has 0 aliphatic rings. The van der Waals surface area contributed by atoms with E-state index in [0.29, 0.717) is 28.5 Å². The number of anilines is 1.